The van der Waals surface area contributed by atoms with Crippen molar-refractivity contribution in [1.82, 2.24) is 14.5 Å². The summed E-state index contributed by atoms with van der Waals surface area (Å²) in [5.74, 6) is 0.297. The van der Waals surface area contributed by atoms with E-state index in [2.05, 4.69) is 9.82 Å². The van der Waals surface area contributed by atoms with Crippen molar-refractivity contribution in [2.24, 2.45) is 5.92 Å². The number of hydrogen-bond acceptors (Lipinski definition) is 5. The van der Waals surface area contributed by atoms with Crippen molar-refractivity contribution in [2.45, 2.75) is 37.2 Å². The Bertz CT molecular complexity index is 523. The van der Waals surface area contributed by atoms with Crippen LogP contribution in [0.25, 0.3) is 0 Å². The van der Waals surface area contributed by atoms with E-state index in [-0.39, 0.29) is 24.1 Å². The van der Waals surface area contributed by atoms with Crippen LogP contribution in [-0.4, -0.2) is 49.2 Å². The minimum atomic E-state index is -3.56. The average molecular weight is 303 g/mol. The van der Waals surface area contributed by atoms with Crippen molar-refractivity contribution in [3.8, 4) is 0 Å². The Balaban J connectivity index is 2.01. The highest BCUT2D eigenvalue weighted by Gasteiger charge is 2.26. The summed E-state index contributed by atoms with van der Waals surface area (Å²) in [6.45, 7) is 3.46. The molecule has 7 nitrogen and oxygen atoms in total. The Morgan fingerprint density at radius 3 is 2.90 bits per heavy atom. The zero-order chi connectivity index (χ0) is 14.6. The molecule has 1 aliphatic rings. The van der Waals surface area contributed by atoms with Crippen LogP contribution in [0.3, 0.4) is 0 Å². The van der Waals surface area contributed by atoms with Gasteiger partial charge in [0.1, 0.15) is 4.90 Å². The zero-order valence-electron chi connectivity index (χ0n) is 11.5. The maximum absolute atomic E-state index is 12.2. The van der Waals surface area contributed by atoms with Crippen LogP contribution in [0.15, 0.2) is 17.3 Å². The first-order valence-electron chi connectivity index (χ1n) is 6.76. The van der Waals surface area contributed by atoms with E-state index in [0.717, 1.165) is 12.8 Å². The second-order valence-corrected chi connectivity index (χ2v) is 6.74. The fraction of sp³-hybridized carbons (Fsp3) is 0.750. The number of nitrogens with zero attached hydrogens (tertiary/aromatic N) is 2. The van der Waals surface area contributed by atoms with E-state index in [1.807, 2.05) is 6.92 Å². The lowest BCUT2D eigenvalue weighted by atomic mass is 9.94. The van der Waals surface area contributed by atoms with Gasteiger partial charge in [0.05, 0.1) is 19.3 Å². The first-order chi connectivity index (χ1) is 9.53. The molecule has 0 spiro atoms. The number of rotatable bonds is 6. The zero-order valence-corrected chi connectivity index (χ0v) is 12.3. The van der Waals surface area contributed by atoms with Gasteiger partial charge in [0, 0.05) is 25.5 Å². The summed E-state index contributed by atoms with van der Waals surface area (Å²) >= 11 is 0. The molecule has 0 saturated carbocycles. The molecule has 1 saturated heterocycles. The third-order valence-corrected chi connectivity index (χ3v) is 5.08. The summed E-state index contributed by atoms with van der Waals surface area (Å²) in [5.41, 5.74) is 0. The second kappa shape index (κ2) is 6.66. The van der Waals surface area contributed by atoms with E-state index in [1.165, 1.54) is 17.1 Å². The molecule has 0 aromatic carbocycles. The van der Waals surface area contributed by atoms with Crippen molar-refractivity contribution < 1.29 is 18.3 Å². The monoisotopic (exact) mass is 303 g/mol. The molecular weight excluding hydrogens is 282 g/mol. The van der Waals surface area contributed by atoms with Gasteiger partial charge in [-0.1, -0.05) is 0 Å². The van der Waals surface area contributed by atoms with Crippen molar-refractivity contribution in [1.29, 1.82) is 0 Å². The molecule has 20 heavy (non-hydrogen) atoms. The molecule has 2 N–H and O–H groups in total. The largest absolute Gasteiger partial charge is 0.394 e. The summed E-state index contributed by atoms with van der Waals surface area (Å²) in [7, 11) is -3.56. The van der Waals surface area contributed by atoms with Gasteiger partial charge >= 0.3 is 0 Å². The number of aromatic nitrogens is 2. The Kier molecular flexibility index (Phi) is 5.14. The molecule has 8 heteroatoms. The fourth-order valence-corrected chi connectivity index (χ4v) is 3.60. The number of hydrogen-bond donors (Lipinski definition) is 2. The van der Waals surface area contributed by atoms with E-state index < -0.39 is 10.0 Å². The lowest BCUT2D eigenvalue weighted by Crippen LogP contribution is -2.40. The van der Waals surface area contributed by atoms with Crippen LogP contribution in [0.2, 0.25) is 0 Å². The third-order valence-electron chi connectivity index (χ3n) is 3.56. The molecule has 1 aromatic heterocycles. The van der Waals surface area contributed by atoms with Crippen LogP contribution in [0, 0.1) is 5.92 Å². The van der Waals surface area contributed by atoms with E-state index >= 15 is 0 Å². The molecule has 1 aliphatic heterocycles. The molecular formula is C12H21N3O4S. The van der Waals surface area contributed by atoms with Crippen LogP contribution >= 0.6 is 0 Å². The molecule has 2 heterocycles. The number of aliphatic hydroxyl groups is 1. The molecule has 1 unspecified atom stereocenters. The average Bonchev–Trinajstić information content (AvgIpc) is 2.89. The highest BCUT2D eigenvalue weighted by molar-refractivity contribution is 7.89. The van der Waals surface area contributed by atoms with Crippen LogP contribution in [0.4, 0.5) is 0 Å². The first kappa shape index (κ1) is 15.4. The van der Waals surface area contributed by atoms with Gasteiger partial charge in [0.25, 0.3) is 0 Å². The molecule has 0 amide bonds. The predicted octanol–water partition coefficient (Wildman–Crippen LogP) is -0.0312. The summed E-state index contributed by atoms with van der Waals surface area (Å²) in [6, 6.07) is -0.134. The lowest BCUT2D eigenvalue weighted by Gasteiger charge is -2.27. The smallest absolute Gasteiger partial charge is 0.243 e. The Morgan fingerprint density at radius 1 is 1.55 bits per heavy atom. The van der Waals surface area contributed by atoms with Crippen molar-refractivity contribution >= 4 is 10.0 Å². The molecule has 2 rings (SSSR count). The Labute approximate surface area is 119 Å². The highest BCUT2D eigenvalue weighted by atomic mass is 32.2. The van der Waals surface area contributed by atoms with Gasteiger partial charge in [0.2, 0.25) is 10.0 Å². The first-order valence-corrected chi connectivity index (χ1v) is 8.24. The number of aliphatic hydroxyl groups excluding tert-OH is 1. The molecule has 114 valence electrons. The maximum Gasteiger partial charge on any atom is 0.243 e. The molecule has 0 aliphatic carbocycles. The van der Waals surface area contributed by atoms with Crippen LogP contribution in [-0.2, 0) is 21.3 Å². The van der Waals surface area contributed by atoms with Crippen LogP contribution in [0.1, 0.15) is 19.8 Å². The van der Waals surface area contributed by atoms with Crippen LogP contribution < -0.4 is 4.72 Å². The van der Waals surface area contributed by atoms with Gasteiger partial charge in [-0.25, -0.2) is 13.1 Å². The molecule has 1 atom stereocenters. The van der Waals surface area contributed by atoms with Crippen molar-refractivity contribution in [2.75, 3.05) is 19.8 Å². The van der Waals surface area contributed by atoms with Gasteiger partial charge in [-0.05, 0) is 25.7 Å². The topological polar surface area (TPSA) is 93.5 Å². The Hall–Kier alpha value is -0.960. The normalized spacial score (nSPS) is 19.1. The predicted molar refractivity (Wildman–Crippen MR) is 72.6 cm³/mol. The summed E-state index contributed by atoms with van der Waals surface area (Å²) < 4.78 is 33.9. The molecule has 1 aromatic rings. The quantitative estimate of drug-likeness (QED) is 0.769. The summed E-state index contributed by atoms with van der Waals surface area (Å²) in [5, 5.41) is 12.7. The van der Waals surface area contributed by atoms with Gasteiger partial charge in [-0.15, -0.1) is 0 Å². The van der Waals surface area contributed by atoms with Gasteiger partial charge < -0.3 is 9.84 Å². The molecule has 1 fully saturated rings. The van der Waals surface area contributed by atoms with Gasteiger partial charge in [-0.3, -0.25) is 4.68 Å². The molecule has 0 bridgehead atoms. The SMILES string of the molecule is CC(NS(=O)(=O)c1cnn(CCO)c1)C1CCOCC1. The van der Waals surface area contributed by atoms with Crippen molar-refractivity contribution in [3.63, 3.8) is 0 Å². The van der Waals surface area contributed by atoms with Crippen LogP contribution in [0.5, 0.6) is 0 Å². The highest BCUT2D eigenvalue weighted by Crippen LogP contribution is 2.20. The van der Waals surface area contributed by atoms with E-state index in [4.69, 9.17) is 9.84 Å². The summed E-state index contributed by atoms with van der Waals surface area (Å²) in [6.07, 6.45) is 4.46. The number of nitrogens with one attached hydrogen (secondary N) is 1. The second-order valence-electron chi connectivity index (χ2n) is 5.02. The van der Waals surface area contributed by atoms with E-state index in [0.29, 0.717) is 19.1 Å². The third kappa shape index (κ3) is 3.78. The summed E-state index contributed by atoms with van der Waals surface area (Å²) in [4.78, 5) is 0.129. The fourth-order valence-electron chi connectivity index (χ4n) is 2.33. The minimum Gasteiger partial charge on any atom is -0.394 e. The Morgan fingerprint density at radius 2 is 2.25 bits per heavy atom. The van der Waals surface area contributed by atoms with Gasteiger partial charge in [0.15, 0.2) is 0 Å². The maximum atomic E-state index is 12.2. The van der Waals surface area contributed by atoms with Gasteiger partial charge in [-0.2, -0.15) is 5.10 Å². The lowest BCUT2D eigenvalue weighted by molar-refractivity contribution is 0.0585. The standard InChI is InChI=1S/C12H21N3O4S/c1-10(11-2-6-19-7-3-11)14-20(17,18)12-8-13-15(9-12)4-5-16/h8-11,14,16H,2-7H2,1H3. The number of sulfonamides is 1. The molecule has 0 radical (unpaired) electrons. The van der Waals surface area contributed by atoms with E-state index in [1.54, 1.807) is 0 Å². The minimum absolute atomic E-state index is 0.0763. The van der Waals surface area contributed by atoms with Crippen molar-refractivity contribution in [3.05, 3.63) is 12.4 Å². The number of ether oxygens (including phenoxy) is 1. The van der Waals surface area contributed by atoms with E-state index in [9.17, 15) is 8.42 Å².